The molecular weight excluding hydrogens is 256 g/mol. The Kier molecular flexibility index (Phi) is 4.95. The van der Waals surface area contributed by atoms with Crippen molar-refractivity contribution in [3.8, 4) is 0 Å². The number of rotatable bonds is 3. The summed E-state index contributed by atoms with van der Waals surface area (Å²) in [5.41, 5.74) is 0.364. The van der Waals surface area contributed by atoms with Crippen LogP contribution in [0.25, 0.3) is 0 Å². The Morgan fingerprint density at radius 3 is 2.78 bits per heavy atom. The lowest BCUT2D eigenvalue weighted by atomic mass is 10.1. The van der Waals surface area contributed by atoms with Gasteiger partial charge in [0.05, 0.1) is 0 Å². The first-order valence-electron chi connectivity index (χ1n) is 6.49. The first-order valence-corrected chi connectivity index (χ1v) is 6.92. The van der Waals surface area contributed by atoms with Crippen molar-refractivity contribution in [2.24, 2.45) is 0 Å². The van der Waals surface area contributed by atoms with Crippen molar-refractivity contribution >= 4 is 11.6 Å². The highest BCUT2D eigenvalue weighted by Gasteiger charge is 2.21. The molecule has 2 unspecified atom stereocenters. The molecule has 2 atom stereocenters. The molecule has 1 aliphatic rings. The maximum atomic E-state index is 13.5. The van der Waals surface area contributed by atoms with Crippen LogP contribution in [0.3, 0.4) is 0 Å². The number of alkyl halides is 1. The second-order valence-corrected chi connectivity index (χ2v) is 5.41. The fraction of sp³-hybridized carbons (Fsp3) is 0.571. The molecule has 1 saturated carbocycles. The zero-order valence-corrected chi connectivity index (χ0v) is 11.0. The van der Waals surface area contributed by atoms with Crippen LogP contribution in [0.4, 0.5) is 8.78 Å². The van der Waals surface area contributed by atoms with Crippen molar-refractivity contribution in [2.75, 3.05) is 0 Å². The van der Waals surface area contributed by atoms with E-state index in [4.69, 9.17) is 11.6 Å². The second-order valence-electron chi connectivity index (χ2n) is 4.85. The van der Waals surface area contributed by atoms with Crippen molar-refractivity contribution in [1.29, 1.82) is 0 Å². The molecule has 1 aliphatic carbocycles. The van der Waals surface area contributed by atoms with Crippen molar-refractivity contribution in [3.63, 3.8) is 0 Å². The molecular formula is C14H18ClF2N. The van der Waals surface area contributed by atoms with Gasteiger partial charge in [-0.05, 0) is 18.9 Å². The van der Waals surface area contributed by atoms with Gasteiger partial charge in [0, 0.05) is 23.5 Å². The maximum absolute atomic E-state index is 13.5. The standard InChI is InChI=1S/C14H18ClF2N/c15-11-6-2-1-3-8-13(11)18-9-10-5-4-7-12(16)14(10)17/h4-5,7,11,13,18H,1-3,6,8-9H2. The van der Waals surface area contributed by atoms with Gasteiger partial charge in [0.2, 0.25) is 0 Å². The topological polar surface area (TPSA) is 12.0 Å². The van der Waals surface area contributed by atoms with Crippen LogP contribution in [0.2, 0.25) is 0 Å². The Labute approximate surface area is 112 Å². The highest BCUT2D eigenvalue weighted by atomic mass is 35.5. The average molecular weight is 274 g/mol. The summed E-state index contributed by atoms with van der Waals surface area (Å²) < 4.78 is 26.5. The largest absolute Gasteiger partial charge is 0.308 e. The number of halogens is 3. The fourth-order valence-electron chi connectivity index (χ4n) is 2.42. The average Bonchev–Trinajstić information content (AvgIpc) is 2.56. The second kappa shape index (κ2) is 6.48. The highest BCUT2D eigenvalue weighted by molar-refractivity contribution is 6.21. The minimum absolute atomic E-state index is 0.0871. The SMILES string of the molecule is Fc1cccc(CNC2CCCCCC2Cl)c1F. The third kappa shape index (κ3) is 3.42. The van der Waals surface area contributed by atoms with E-state index in [1.165, 1.54) is 12.5 Å². The maximum Gasteiger partial charge on any atom is 0.163 e. The van der Waals surface area contributed by atoms with Crippen LogP contribution >= 0.6 is 11.6 Å². The number of benzene rings is 1. The molecule has 2 rings (SSSR count). The van der Waals surface area contributed by atoms with Gasteiger partial charge in [0.25, 0.3) is 0 Å². The highest BCUT2D eigenvalue weighted by Crippen LogP contribution is 2.23. The smallest absolute Gasteiger partial charge is 0.163 e. The van der Waals surface area contributed by atoms with Gasteiger partial charge in [-0.15, -0.1) is 11.6 Å². The van der Waals surface area contributed by atoms with E-state index in [-0.39, 0.29) is 11.4 Å². The Morgan fingerprint density at radius 1 is 1.17 bits per heavy atom. The van der Waals surface area contributed by atoms with Gasteiger partial charge in [-0.1, -0.05) is 31.4 Å². The summed E-state index contributed by atoms with van der Waals surface area (Å²) in [7, 11) is 0. The lowest BCUT2D eigenvalue weighted by Gasteiger charge is -2.21. The molecule has 0 saturated heterocycles. The third-order valence-corrected chi connectivity index (χ3v) is 4.04. The molecule has 1 aromatic carbocycles. The molecule has 0 amide bonds. The van der Waals surface area contributed by atoms with E-state index in [9.17, 15) is 8.78 Å². The first-order chi connectivity index (χ1) is 8.68. The van der Waals surface area contributed by atoms with Crippen LogP contribution in [-0.4, -0.2) is 11.4 Å². The summed E-state index contributed by atoms with van der Waals surface area (Å²) in [5, 5.41) is 3.34. The van der Waals surface area contributed by atoms with Gasteiger partial charge >= 0.3 is 0 Å². The fourth-order valence-corrected chi connectivity index (χ4v) is 2.79. The molecule has 1 fully saturated rings. The molecule has 4 heteroatoms. The Bertz CT molecular complexity index is 397. The first kappa shape index (κ1) is 13.8. The van der Waals surface area contributed by atoms with E-state index in [1.807, 2.05) is 0 Å². The van der Waals surface area contributed by atoms with Gasteiger partial charge in [-0.2, -0.15) is 0 Å². The van der Waals surface area contributed by atoms with Gasteiger partial charge < -0.3 is 5.32 Å². The van der Waals surface area contributed by atoms with Gasteiger partial charge in [0.15, 0.2) is 11.6 Å². The van der Waals surface area contributed by atoms with Gasteiger partial charge in [-0.25, -0.2) is 8.78 Å². The number of hydrogen-bond acceptors (Lipinski definition) is 1. The zero-order chi connectivity index (χ0) is 13.0. The van der Waals surface area contributed by atoms with E-state index in [1.54, 1.807) is 6.07 Å². The normalized spacial score (nSPS) is 24.8. The molecule has 18 heavy (non-hydrogen) atoms. The van der Waals surface area contributed by atoms with Crippen molar-refractivity contribution in [1.82, 2.24) is 5.32 Å². The summed E-state index contributed by atoms with van der Waals surface area (Å²) in [4.78, 5) is 0. The predicted molar refractivity (Wildman–Crippen MR) is 69.7 cm³/mol. The van der Waals surface area contributed by atoms with Crippen LogP contribution in [-0.2, 0) is 6.54 Å². The molecule has 1 aromatic rings. The summed E-state index contributed by atoms with van der Waals surface area (Å²) in [6.07, 6.45) is 5.50. The van der Waals surface area contributed by atoms with Crippen LogP contribution in [0.5, 0.6) is 0 Å². The molecule has 0 bridgehead atoms. The monoisotopic (exact) mass is 273 g/mol. The van der Waals surface area contributed by atoms with Crippen molar-refractivity contribution in [2.45, 2.75) is 50.1 Å². The molecule has 0 radical (unpaired) electrons. The molecule has 100 valence electrons. The Hall–Kier alpha value is -0.670. The predicted octanol–water partition coefficient (Wildman–Crippen LogP) is 3.99. The summed E-state index contributed by atoms with van der Waals surface area (Å²) in [5.74, 6) is -1.55. The molecule has 1 N–H and O–H groups in total. The van der Waals surface area contributed by atoms with Crippen molar-refractivity contribution in [3.05, 3.63) is 35.4 Å². The van der Waals surface area contributed by atoms with E-state index in [2.05, 4.69) is 5.32 Å². The van der Waals surface area contributed by atoms with Crippen LogP contribution in [0.1, 0.15) is 37.7 Å². The van der Waals surface area contributed by atoms with E-state index >= 15 is 0 Å². The molecule has 0 aliphatic heterocycles. The minimum Gasteiger partial charge on any atom is -0.308 e. The molecule has 0 aromatic heterocycles. The summed E-state index contributed by atoms with van der Waals surface area (Å²) >= 11 is 6.29. The van der Waals surface area contributed by atoms with Crippen molar-refractivity contribution < 1.29 is 8.78 Å². The molecule has 1 nitrogen and oxygen atoms in total. The molecule has 0 spiro atoms. The molecule has 0 heterocycles. The van der Waals surface area contributed by atoms with Crippen LogP contribution in [0, 0.1) is 11.6 Å². The number of hydrogen-bond donors (Lipinski definition) is 1. The summed E-state index contributed by atoms with van der Waals surface area (Å²) in [6, 6.07) is 4.46. The Morgan fingerprint density at radius 2 is 1.94 bits per heavy atom. The number of nitrogens with one attached hydrogen (secondary N) is 1. The van der Waals surface area contributed by atoms with E-state index < -0.39 is 11.6 Å². The third-order valence-electron chi connectivity index (χ3n) is 3.52. The lowest BCUT2D eigenvalue weighted by molar-refractivity contribution is 0.447. The van der Waals surface area contributed by atoms with Gasteiger partial charge in [0.1, 0.15) is 0 Å². The quantitative estimate of drug-likeness (QED) is 0.648. The zero-order valence-electron chi connectivity index (χ0n) is 10.3. The Balaban J connectivity index is 1.95. The van der Waals surface area contributed by atoms with Crippen LogP contribution < -0.4 is 5.32 Å². The van der Waals surface area contributed by atoms with Gasteiger partial charge in [-0.3, -0.25) is 0 Å². The lowest BCUT2D eigenvalue weighted by Crippen LogP contribution is -2.36. The van der Waals surface area contributed by atoms with E-state index in [0.717, 1.165) is 31.7 Å². The summed E-state index contributed by atoms with van der Waals surface area (Å²) in [6.45, 7) is 0.331. The van der Waals surface area contributed by atoms with Crippen LogP contribution in [0.15, 0.2) is 18.2 Å². The van der Waals surface area contributed by atoms with E-state index in [0.29, 0.717) is 12.1 Å². The minimum atomic E-state index is -0.794.